The number of amides is 3. The van der Waals surface area contributed by atoms with Crippen LogP contribution in [0.4, 0.5) is 17.1 Å². The Morgan fingerprint density at radius 2 is 0.755 bits per heavy atom. The molecule has 6 rings (SSSR count). The number of aliphatic carboxylic acids is 3. The zero-order valence-electron chi connectivity index (χ0n) is 51.9. The number of benzene rings is 6. The van der Waals surface area contributed by atoms with Gasteiger partial charge in [-0.1, -0.05) is 15.7 Å². The lowest BCUT2D eigenvalue weighted by Crippen LogP contribution is -2.49. The molecule has 3 amide bonds. The summed E-state index contributed by atoms with van der Waals surface area (Å²) in [6.07, 6.45) is -1.89. The summed E-state index contributed by atoms with van der Waals surface area (Å²) in [6, 6.07) is 35.8. The summed E-state index contributed by atoms with van der Waals surface area (Å²) in [5, 5.41) is 71.1. The minimum atomic E-state index is -4.13. The highest BCUT2D eigenvalue weighted by molar-refractivity contribution is 7.85. The van der Waals surface area contributed by atoms with E-state index >= 15 is 0 Å². The maximum Gasteiger partial charge on any atom is 0.328 e. The van der Waals surface area contributed by atoms with Gasteiger partial charge in [0.1, 0.15) is 23.3 Å². The Kier molecular flexibility index (Phi) is 30.1. The Labute approximate surface area is 539 Å². The third-order valence-corrected chi connectivity index (χ3v) is 12.6. The van der Waals surface area contributed by atoms with Gasteiger partial charge in [0.2, 0.25) is 0 Å². The molecule has 32 heteroatoms. The molecule has 94 heavy (non-hydrogen) atoms. The first kappa shape index (κ1) is 75.1. The fourth-order valence-electron chi connectivity index (χ4n) is 7.25. The van der Waals surface area contributed by atoms with Gasteiger partial charge in [0, 0.05) is 88.6 Å². The number of carbonyl (C=O) groups is 9. The normalized spacial score (nSPS) is 11.9. The van der Waals surface area contributed by atoms with Crippen LogP contribution in [0.15, 0.2) is 177 Å². The van der Waals surface area contributed by atoms with Crippen molar-refractivity contribution in [1.82, 2.24) is 31.0 Å². The van der Waals surface area contributed by atoms with Crippen molar-refractivity contribution < 1.29 is 90.8 Å². The van der Waals surface area contributed by atoms with Gasteiger partial charge in [0.05, 0.1) is 28.9 Å². The zero-order chi connectivity index (χ0) is 69.5. The molecule has 0 aliphatic rings. The number of nitrogens with one attached hydrogen (secondary N) is 3. The number of carboxylic acid groups (broad SMARTS) is 3. The van der Waals surface area contributed by atoms with Crippen molar-refractivity contribution >= 4 is 80.2 Å². The zero-order valence-corrected chi connectivity index (χ0v) is 52.7. The molecule has 0 heterocycles. The number of nitrogens with zero attached hydrogens (tertiary/aromatic N) is 9. The summed E-state index contributed by atoms with van der Waals surface area (Å²) < 4.78 is 45.7. The molecule has 6 aromatic carbocycles. The third kappa shape index (κ3) is 28.2. The molecule has 6 aromatic rings. The number of ether oxygens (including phenoxy) is 3. The van der Waals surface area contributed by atoms with Crippen molar-refractivity contribution in [2.75, 3.05) is 74.4 Å². The fourth-order valence-corrected chi connectivity index (χ4v) is 7.61. The van der Waals surface area contributed by atoms with E-state index in [9.17, 15) is 56.7 Å². The van der Waals surface area contributed by atoms with E-state index in [4.69, 9.17) is 34.1 Å². The first-order valence-corrected chi connectivity index (χ1v) is 29.6. The van der Waals surface area contributed by atoms with Gasteiger partial charge >= 0.3 is 17.9 Å². The second-order valence-electron chi connectivity index (χ2n) is 20.3. The van der Waals surface area contributed by atoms with Gasteiger partial charge in [-0.15, -0.1) is 15.3 Å². The summed E-state index contributed by atoms with van der Waals surface area (Å²) in [5.41, 5.74) is 4.58. The van der Waals surface area contributed by atoms with Crippen molar-refractivity contribution in [3.63, 3.8) is 0 Å². The molecule has 0 saturated carbocycles. The minimum absolute atomic E-state index is 0.180. The van der Waals surface area contributed by atoms with Crippen LogP contribution in [0.1, 0.15) is 67.5 Å². The smallest absolute Gasteiger partial charge is 0.328 e. The first-order valence-electron chi connectivity index (χ1n) is 28.0. The number of carbonyl (C=O) groups excluding carboxylic acids is 6. The Morgan fingerprint density at radius 3 is 1.02 bits per heavy atom. The molecular weight excluding hydrogens is 1250 g/mol. The maximum absolute atomic E-state index is 12.6. The van der Waals surface area contributed by atoms with E-state index in [0.717, 1.165) is 0 Å². The molecule has 0 fully saturated rings. The lowest BCUT2D eigenvalue weighted by Gasteiger charge is -2.17. The van der Waals surface area contributed by atoms with Crippen LogP contribution in [-0.4, -0.2) is 194 Å². The number of hydrogen-bond acceptors (Lipinski definition) is 21. The predicted octanol–water partition coefficient (Wildman–Crippen LogP) is 5.96. The van der Waals surface area contributed by atoms with Gasteiger partial charge in [-0.3, -0.25) is 53.1 Å². The van der Waals surface area contributed by atoms with Gasteiger partial charge in [-0.2, -0.15) is 8.42 Å². The standard InChI is InChI=1S/C22H24N4O7.C21H24N4O6.C19H22N4O6S/c1-26(2)25-24-16-7-3-14(4-8-16)21(30)15-5-9-17(10-6-15)33-13-19(27)23-18(22(31)32)11-12-20(28)29;1-13(26)19(21(29)30)22-18(27)12-31-17-10-6-15(7-11-17)20(28)14-4-8-16(9-5-14)23-24-25(2)3;1-23(2)22-21-16-7-3-14(4-8-16)19(25)15-5-9-17(10-6-15)29-13-18(24)20-11-12-30(26,27)28/h3-10,18H,11-13H2,1-2H3,(H,23,27)(H,28,29)(H,31,32);4-11,13,19,26H,12H2,1-3H3,(H,22,27)(H,29,30);3-10H,11-13H2,1-2H3,(H,20,24)(H,26,27,28). The van der Waals surface area contributed by atoms with Crippen LogP contribution >= 0.6 is 0 Å². The van der Waals surface area contributed by atoms with E-state index < -0.39 is 89.3 Å². The highest BCUT2D eigenvalue weighted by atomic mass is 32.2. The Hall–Kier alpha value is -11.4. The molecule has 498 valence electrons. The van der Waals surface area contributed by atoms with Crippen molar-refractivity contribution in [3.05, 3.63) is 179 Å². The van der Waals surface area contributed by atoms with E-state index in [-0.39, 0.29) is 36.9 Å². The first-order chi connectivity index (χ1) is 44.5. The molecule has 3 unspecified atom stereocenters. The summed E-state index contributed by atoms with van der Waals surface area (Å²) in [7, 11) is 6.38. The van der Waals surface area contributed by atoms with Crippen LogP contribution in [0.25, 0.3) is 0 Å². The van der Waals surface area contributed by atoms with Gasteiger partial charge in [-0.05, 0) is 159 Å². The number of aliphatic hydroxyl groups is 1. The molecule has 0 bridgehead atoms. The third-order valence-electron chi connectivity index (χ3n) is 11.9. The highest BCUT2D eigenvalue weighted by Crippen LogP contribution is 2.22. The van der Waals surface area contributed by atoms with Gasteiger partial charge < -0.3 is 50.6 Å². The fraction of sp³-hybridized carbons (Fsp3) is 0.274. The topological polar surface area (TPSA) is 437 Å². The largest absolute Gasteiger partial charge is 0.484 e. The summed E-state index contributed by atoms with van der Waals surface area (Å²) in [6.45, 7) is -0.192. The van der Waals surface area contributed by atoms with Crippen LogP contribution in [0.3, 0.4) is 0 Å². The van der Waals surface area contributed by atoms with Crippen LogP contribution in [0.5, 0.6) is 17.2 Å². The summed E-state index contributed by atoms with van der Waals surface area (Å²) >= 11 is 0. The van der Waals surface area contributed by atoms with Crippen molar-refractivity contribution in [2.24, 2.45) is 31.0 Å². The van der Waals surface area contributed by atoms with E-state index in [1.807, 2.05) is 0 Å². The molecule has 3 atom stereocenters. The number of carboxylic acids is 3. The Balaban J connectivity index is 0.000000301. The number of rotatable bonds is 32. The van der Waals surface area contributed by atoms with Crippen LogP contribution in [-0.2, 0) is 38.9 Å². The van der Waals surface area contributed by atoms with Gasteiger partial charge in [-0.25, -0.2) is 9.59 Å². The van der Waals surface area contributed by atoms with E-state index in [2.05, 4.69) is 47.0 Å². The quantitative estimate of drug-likeness (QED) is 0.0104. The van der Waals surface area contributed by atoms with E-state index in [0.29, 0.717) is 67.7 Å². The Morgan fingerprint density at radius 1 is 0.457 bits per heavy atom. The molecule has 0 saturated heterocycles. The Bertz CT molecular complexity index is 3740. The molecule has 0 aliphatic heterocycles. The van der Waals surface area contributed by atoms with Gasteiger partial charge in [0.15, 0.2) is 43.2 Å². The SMILES string of the molecule is CC(O)C(NC(=O)COc1ccc(C(=O)c2ccc(N=NN(C)C)cc2)cc1)C(=O)O.CN(C)N=Nc1ccc(C(=O)c2ccc(OCC(=O)NC(CCC(=O)O)C(=O)O)cc2)cc1.CN(C)N=Nc1ccc(C(=O)c2ccc(OCC(=O)NCCS(=O)(=O)O)cc2)cc1. The lowest BCUT2D eigenvalue weighted by atomic mass is 10.0. The average Bonchev–Trinajstić information content (AvgIpc) is 0.882. The van der Waals surface area contributed by atoms with Crippen molar-refractivity contribution in [3.8, 4) is 17.2 Å². The van der Waals surface area contributed by atoms with Gasteiger partial charge in [0.25, 0.3) is 27.8 Å². The molecule has 0 aliphatic carbocycles. The van der Waals surface area contributed by atoms with Crippen LogP contribution in [0, 0.1) is 0 Å². The summed E-state index contributed by atoms with van der Waals surface area (Å²) in [4.78, 5) is 106. The van der Waals surface area contributed by atoms with Crippen molar-refractivity contribution in [1.29, 1.82) is 0 Å². The second-order valence-corrected chi connectivity index (χ2v) is 21.9. The van der Waals surface area contributed by atoms with Crippen LogP contribution in [0.2, 0.25) is 0 Å². The molecule has 8 N–H and O–H groups in total. The predicted molar refractivity (Wildman–Crippen MR) is 337 cm³/mol. The minimum Gasteiger partial charge on any atom is -0.484 e. The van der Waals surface area contributed by atoms with Crippen LogP contribution < -0.4 is 30.2 Å². The maximum atomic E-state index is 12.6. The average molecular weight is 1320 g/mol. The number of hydrogen-bond donors (Lipinski definition) is 8. The molecule has 31 nitrogen and oxygen atoms in total. The lowest BCUT2D eigenvalue weighted by molar-refractivity contribution is -0.145. The molecule has 0 spiro atoms. The molecule has 0 radical (unpaired) electrons. The van der Waals surface area contributed by atoms with E-state index in [1.165, 1.54) is 31.2 Å². The molecular formula is C62H70N12O19S. The summed E-state index contributed by atoms with van der Waals surface area (Å²) in [5.74, 6) is -5.93. The van der Waals surface area contributed by atoms with E-state index in [1.54, 1.807) is 179 Å². The highest BCUT2D eigenvalue weighted by Gasteiger charge is 2.25. The monoisotopic (exact) mass is 1320 g/mol. The number of ketones is 3. The second kappa shape index (κ2) is 37.7. The van der Waals surface area contributed by atoms with Crippen molar-refractivity contribution in [2.45, 2.75) is 38.0 Å². The number of aliphatic hydroxyl groups excluding tert-OH is 1. The molecule has 0 aromatic heterocycles.